The first-order valence-electron chi connectivity index (χ1n) is 5.52. The van der Waals surface area contributed by atoms with Gasteiger partial charge in [0, 0.05) is 11.2 Å². The molecule has 0 saturated heterocycles. The maximum absolute atomic E-state index is 4.44. The molecule has 0 aliphatic carbocycles. The Bertz CT molecular complexity index is 468. The van der Waals surface area contributed by atoms with Gasteiger partial charge in [0.15, 0.2) is 7.85 Å². The summed E-state index contributed by atoms with van der Waals surface area (Å²) in [5.74, 6) is 0. The third kappa shape index (κ3) is 2.06. The molecule has 0 unspecified atom stereocenters. The largest absolute Gasteiger partial charge is 0.320 e. The van der Waals surface area contributed by atoms with Crippen LogP contribution in [0.4, 0.5) is 0 Å². The molecule has 0 radical (unpaired) electrons. The number of hydrogen-bond acceptors (Lipinski definition) is 1. The zero-order valence-corrected chi connectivity index (χ0v) is 10.8. The molecule has 0 aliphatic rings. The van der Waals surface area contributed by atoms with Gasteiger partial charge in [0.2, 0.25) is 7.98 Å². The Morgan fingerprint density at radius 3 is 2.31 bits per heavy atom. The van der Waals surface area contributed by atoms with Crippen molar-refractivity contribution in [1.82, 2.24) is 9.69 Å². The fourth-order valence-corrected chi connectivity index (χ4v) is 1.96. The summed E-state index contributed by atoms with van der Waals surface area (Å²) in [6.07, 6.45) is 6.07. The van der Waals surface area contributed by atoms with Gasteiger partial charge in [0.05, 0.1) is 5.69 Å². The van der Waals surface area contributed by atoms with Crippen LogP contribution < -0.4 is 5.59 Å². The molecule has 0 fully saturated rings. The van der Waals surface area contributed by atoms with E-state index in [0.29, 0.717) is 0 Å². The van der Waals surface area contributed by atoms with Crippen LogP contribution in [0.1, 0.15) is 25.1 Å². The van der Waals surface area contributed by atoms with Crippen molar-refractivity contribution in [3.8, 4) is 0 Å². The Morgan fingerprint density at radius 1 is 1.38 bits per heavy atom. The van der Waals surface area contributed by atoms with E-state index in [1.807, 2.05) is 40.3 Å². The maximum Gasteiger partial charge on any atom is 0.249 e. The standard InChI is InChI=1S/C12H18B2N2/c1-5-9(6-2)10(7-3)11-8(4)12(13)15-16(11)14/h5-7H,1,13-14H2,2-4H3/b9-6-,10-7+. The Kier molecular flexibility index (Phi) is 3.99. The first kappa shape index (κ1) is 12.6. The smallest absolute Gasteiger partial charge is 0.249 e. The highest BCUT2D eigenvalue weighted by Crippen LogP contribution is 2.24. The molecule has 0 atom stereocenters. The van der Waals surface area contributed by atoms with Gasteiger partial charge in [0.1, 0.15) is 0 Å². The summed E-state index contributed by atoms with van der Waals surface area (Å²) in [5.41, 5.74) is 5.83. The van der Waals surface area contributed by atoms with Crippen LogP contribution in [0.15, 0.2) is 30.4 Å². The van der Waals surface area contributed by atoms with Crippen molar-refractivity contribution < 1.29 is 0 Å². The van der Waals surface area contributed by atoms with Crippen LogP contribution in [0.25, 0.3) is 5.57 Å². The molecule has 0 saturated carbocycles. The van der Waals surface area contributed by atoms with Gasteiger partial charge >= 0.3 is 0 Å². The average molecular weight is 212 g/mol. The quantitative estimate of drug-likeness (QED) is 0.523. The van der Waals surface area contributed by atoms with E-state index in [1.165, 1.54) is 16.8 Å². The van der Waals surface area contributed by atoms with E-state index in [1.54, 1.807) is 0 Å². The zero-order valence-electron chi connectivity index (χ0n) is 10.8. The van der Waals surface area contributed by atoms with Crippen molar-refractivity contribution in [2.24, 2.45) is 0 Å². The van der Waals surface area contributed by atoms with Crippen LogP contribution in [0.3, 0.4) is 0 Å². The highest BCUT2D eigenvalue weighted by atomic mass is 15.2. The van der Waals surface area contributed by atoms with Gasteiger partial charge in [-0.1, -0.05) is 24.8 Å². The molecule has 1 heterocycles. The van der Waals surface area contributed by atoms with Crippen molar-refractivity contribution in [2.75, 3.05) is 0 Å². The minimum atomic E-state index is 1.08. The second-order valence-corrected chi connectivity index (χ2v) is 3.83. The molecule has 1 aromatic rings. The van der Waals surface area contributed by atoms with Gasteiger partial charge in [-0.3, -0.25) is 0 Å². The zero-order chi connectivity index (χ0) is 12.3. The lowest BCUT2D eigenvalue weighted by Crippen LogP contribution is -2.08. The van der Waals surface area contributed by atoms with E-state index in [4.69, 9.17) is 0 Å². The summed E-state index contributed by atoms with van der Waals surface area (Å²) >= 11 is 0. The highest BCUT2D eigenvalue weighted by molar-refractivity contribution is 6.32. The van der Waals surface area contributed by atoms with Crippen LogP contribution in [0, 0.1) is 6.92 Å². The number of rotatable bonds is 3. The Hall–Kier alpha value is -1.44. The fourth-order valence-electron chi connectivity index (χ4n) is 1.96. The molecule has 0 aliphatic heterocycles. The molecule has 2 nitrogen and oxygen atoms in total. The minimum absolute atomic E-state index is 1.08. The molecule has 1 aromatic heterocycles. The molecular formula is C12H18B2N2. The van der Waals surface area contributed by atoms with Crippen LogP contribution in [-0.4, -0.2) is 25.5 Å². The Labute approximate surface area is 99.6 Å². The van der Waals surface area contributed by atoms with Crippen LogP contribution >= 0.6 is 0 Å². The normalized spacial score (nSPS) is 12.9. The Balaban J connectivity index is 3.41. The molecule has 0 amide bonds. The number of hydrogen-bond donors (Lipinski definition) is 0. The van der Waals surface area contributed by atoms with Crippen molar-refractivity contribution in [2.45, 2.75) is 20.8 Å². The van der Waals surface area contributed by atoms with E-state index < -0.39 is 0 Å². The molecule has 0 spiro atoms. The molecule has 0 aromatic carbocycles. The summed E-state index contributed by atoms with van der Waals surface area (Å²) < 4.78 is 1.94. The van der Waals surface area contributed by atoms with Gasteiger partial charge in [-0.25, -0.2) is 5.10 Å². The minimum Gasteiger partial charge on any atom is -0.320 e. The molecule has 0 N–H and O–H groups in total. The summed E-state index contributed by atoms with van der Waals surface area (Å²) in [4.78, 5) is 0. The number of nitrogens with zero attached hydrogens (tertiary/aromatic N) is 2. The average Bonchev–Trinajstić information content (AvgIpc) is 2.51. The second-order valence-electron chi connectivity index (χ2n) is 3.83. The van der Waals surface area contributed by atoms with Crippen molar-refractivity contribution in [1.29, 1.82) is 0 Å². The summed E-state index contributed by atoms with van der Waals surface area (Å²) in [6, 6.07) is 0. The van der Waals surface area contributed by atoms with E-state index in [-0.39, 0.29) is 0 Å². The molecular weight excluding hydrogens is 194 g/mol. The molecule has 0 bridgehead atoms. The van der Waals surface area contributed by atoms with Crippen molar-refractivity contribution in [3.63, 3.8) is 0 Å². The van der Waals surface area contributed by atoms with Crippen LogP contribution in [0.5, 0.6) is 0 Å². The number of aromatic nitrogens is 2. The molecule has 16 heavy (non-hydrogen) atoms. The lowest BCUT2D eigenvalue weighted by atomic mass is 9.93. The van der Waals surface area contributed by atoms with Crippen molar-refractivity contribution in [3.05, 3.63) is 41.6 Å². The molecule has 4 heteroatoms. The Morgan fingerprint density at radius 2 is 2.00 bits per heavy atom. The first-order chi connectivity index (χ1) is 7.56. The summed E-state index contributed by atoms with van der Waals surface area (Å²) in [5, 5.41) is 4.44. The van der Waals surface area contributed by atoms with E-state index in [0.717, 1.165) is 11.2 Å². The first-order valence-corrected chi connectivity index (χ1v) is 5.52. The third-order valence-electron chi connectivity index (χ3n) is 2.91. The van der Waals surface area contributed by atoms with Gasteiger partial charge in [-0.15, -0.1) is 0 Å². The third-order valence-corrected chi connectivity index (χ3v) is 2.91. The predicted molar refractivity (Wildman–Crippen MR) is 76.7 cm³/mol. The lowest BCUT2D eigenvalue weighted by Gasteiger charge is -2.10. The maximum atomic E-state index is 4.44. The fraction of sp³-hybridized carbons (Fsp3) is 0.250. The van der Waals surface area contributed by atoms with Gasteiger partial charge in [-0.05, 0) is 31.9 Å². The van der Waals surface area contributed by atoms with E-state index >= 15 is 0 Å². The van der Waals surface area contributed by atoms with E-state index in [2.05, 4.69) is 30.8 Å². The van der Waals surface area contributed by atoms with Crippen LogP contribution in [0.2, 0.25) is 0 Å². The van der Waals surface area contributed by atoms with Gasteiger partial charge < -0.3 is 4.59 Å². The predicted octanol–water partition coefficient (Wildman–Crippen LogP) is 0.382. The van der Waals surface area contributed by atoms with Gasteiger partial charge in [-0.2, -0.15) is 0 Å². The van der Waals surface area contributed by atoms with E-state index in [9.17, 15) is 0 Å². The molecule has 1 rings (SSSR count). The number of allylic oxidation sites excluding steroid dienone is 5. The van der Waals surface area contributed by atoms with Gasteiger partial charge in [0.25, 0.3) is 0 Å². The van der Waals surface area contributed by atoms with Crippen molar-refractivity contribution >= 4 is 27.0 Å². The topological polar surface area (TPSA) is 17.8 Å². The SMILES string of the molecule is Bc1nn(B)c(C(=C/C)/C(C=C)=C\C)c1C. The lowest BCUT2D eigenvalue weighted by molar-refractivity contribution is 0.988. The van der Waals surface area contributed by atoms with Crippen LogP contribution in [-0.2, 0) is 0 Å². The summed E-state index contributed by atoms with van der Waals surface area (Å²) in [7, 11) is 4.02. The molecule has 82 valence electrons. The second kappa shape index (κ2) is 5.06. The monoisotopic (exact) mass is 212 g/mol. The highest BCUT2D eigenvalue weighted by Gasteiger charge is 2.13. The summed E-state index contributed by atoms with van der Waals surface area (Å²) in [6.45, 7) is 10.0.